The average Bonchev–Trinajstić information content (AvgIpc) is 2.82. The van der Waals surface area contributed by atoms with Gasteiger partial charge in [-0.1, -0.05) is 29.0 Å². The van der Waals surface area contributed by atoms with E-state index in [1.54, 1.807) is 55.5 Å². The lowest BCUT2D eigenvalue weighted by atomic mass is 10.0. The number of thioether (sulfide) groups is 1. The Hall–Kier alpha value is -3.18. The number of benzene rings is 3. The van der Waals surface area contributed by atoms with Gasteiger partial charge in [-0.3, -0.25) is 14.0 Å². The third-order valence-corrected chi connectivity index (χ3v) is 8.26. The minimum absolute atomic E-state index is 0.0276. The van der Waals surface area contributed by atoms with Crippen LogP contribution in [0.2, 0.25) is 0 Å². The number of fused-ring (bicyclic) bond motifs is 1. The standard InChI is InChI=1S/C24H24N2O6S2/c1-15-18(23(27)28)11-12-21(32-2)19(15)14-25-20-9-4-5-10-22(20)34(30,31)26(24(25)29)16-7-6-8-17(13-16)33-3/h4-13,30-31H,14H2,1-3H3,(H,27,28). The van der Waals surface area contributed by atoms with Crippen molar-refractivity contribution < 1.29 is 28.5 Å². The molecule has 2 amide bonds. The van der Waals surface area contributed by atoms with E-state index >= 15 is 0 Å². The Kier molecular flexibility index (Phi) is 6.50. The van der Waals surface area contributed by atoms with Gasteiger partial charge in [0.25, 0.3) is 0 Å². The van der Waals surface area contributed by atoms with Crippen molar-refractivity contribution in [3.05, 3.63) is 77.4 Å². The molecule has 3 aromatic rings. The molecule has 34 heavy (non-hydrogen) atoms. The van der Waals surface area contributed by atoms with Crippen molar-refractivity contribution in [2.75, 3.05) is 22.6 Å². The van der Waals surface area contributed by atoms with Gasteiger partial charge in [0.2, 0.25) is 0 Å². The Morgan fingerprint density at radius 2 is 1.82 bits per heavy atom. The van der Waals surface area contributed by atoms with Crippen LogP contribution in [0.4, 0.5) is 16.2 Å². The number of carboxylic acids is 1. The Morgan fingerprint density at radius 1 is 1.09 bits per heavy atom. The topological polar surface area (TPSA) is 111 Å². The second-order valence-electron chi connectivity index (χ2n) is 7.58. The summed E-state index contributed by atoms with van der Waals surface area (Å²) in [4.78, 5) is 28.0. The number of rotatable bonds is 6. The van der Waals surface area contributed by atoms with Crippen LogP contribution in [0.3, 0.4) is 0 Å². The van der Waals surface area contributed by atoms with E-state index in [2.05, 4.69) is 0 Å². The summed E-state index contributed by atoms with van der Waals surface area (Å²) in [6, 6.07) is 16.0. The molecule has 3 aromatic carbocycles. The molecular formula is C24H24N2O6S2. The van der Waals surface area contributed by atoms with Gasteiger partial charge in [-0.05, 0) is 61.2 Å². The number of carbonyl (C=O) groups is 2. The van der Waals surface area contributed by atoms with Gasteiger partial charge in [-0.2, -0.15) is 4.31 Å². The SMILES string of the molecule is COc1ccc(C(=O)O)c(C)c1CN1C(=O)N(c2cccc(SC)c2)S(O)(O)c2ccccc21. The summed E-state index contributed by atoms with van der Waals surface area (Å²) in [6.07, 6.45) is 1.89. The number of nitrogens with zero attached hydrogens (tertiary/aromatic N) is 2. The normalized spacial score (nSPS) is 15.6. The zero-order valence-corrected chi connectivity index (χ0v) is 20.4. The van der Waals surface area contributed by atoms with Gasteiger partial charge >= 0.3 is 12.0 Å². The number of anilines is 2. The molecule has 0 atom stereocenters. The second kappa shape index (κ2) is 9.22. The molecule has 8 nitrogen and oxygen atoms in total. The quantitative estimate of drug-likeness (QED) is 0.351. The molecule has 0 spiro atoms. The fourth-order valence-electron chi connectivity index (χ4n) is 3.99. The molecule has 0 saturated carbocycles. The van der Waals surface area contributed by atoms with Crippen molar-refractivity contribution in [2.45, 2.75) is 23.3 Å². The van der Waals surface area contributed by atoms with Crippen LogP contribution in [0, 0.1) is 6.92 Å². The minimum atomic E-state index is -3.68. The van der Waals surface area contributed by atoms with Gasteiger partial charge in [0.05, 0.1) is 30.6 Å². The third kappa shape index (κ3) is 3.98. The number of methoxy groups -OCH3 is 1. The van der Waals surface area contributed by atoms with Crippen LogP contribution in [-0.4, -0.2) is 39.6 Å². The highest BCUT2D eigenvalue weighted by Crippen LogP contribution is 2.60. The summed E-state index contributed by atoms with van der Waals surface area (Å²) in [7, 11) is -2.20. The maximum absolute atomic E-state index is 13.8. The van der Waals surface area contributed by atoms with Crippen molar-refractivity contribution in [1.82, 2.24) is 0 Å². The molecule has 0 unspecified atom stereocenters. The number of ether oxygens (including phenoxy) is 1. The predicted molar refractivity (Wildman–Crippen MR) is 135 cm³/mol. The monoisotopic (exact) mass is 500 g/mol. The van der Waals surface area contributed by atoms with Crippen LogP contribution in [0.1, 0.15) is 21.5 Å². The third-order valence-electron chi connectivity index (χ3n) is 5.72. The molecule has 0 fully saturated rings. The lowest BCUT2D eigenvalue weighted by molar-refractivity contribution is 0.0696. The van der Waals surface area contributed by atoms with Gasteiger partial charge in [-0.15, -0.1) is 11.8 Å². The van der Waals surface area contributed by atoms with Gasteiger partial charge in [0.1, 0.15) is 10.6 Å². The smallest absolute Gasteiger partial charge is 0.348 e. The van der Waals surface area contributed by atoms with Gasteiger partial charge in [0.15, 0.2) is 0 Å². The first-order chi connectivity index (χ1) is 16.2. The molecule has 0 radical (unpaired) electrons. The van der Waals surface area contributed by atoms with Crippen LogP contribution < -0.4 is 13.9 Å². The Labute approximate surface area is 203 Å². The Balaban J connectivity index is 1.89. The maximum Gasteiger partial charge on any atom is 0.348 e. The van der Waals surface area contributed by atoms with Crippen molar-refractivity contribution in [3.63, 3.8) is 0 Å². The van der Waals surface area contributed by atoms with E-state index in [-0.39, 0.29) is 17.0 Å². The van der Waals surface area contributed by atoms with Crippen molar-refractivity contribution >= 4 is 45.9 Å². The lowest BCUT2D eigenvalue weighted by Gasteiger charge is -2.49. The molecule has 1 aliphatic rings. The van der Waals surface area contributed by atoms with E-state index in [1.807, 2.05) is 12.3 Å². The summed E-state index contributed by atoms with van der Waals surface area (Å²) in [6.45, 7) is 1.63. The van der Waals surface area contributed by atoms with E-state index in [4.69, 9.17) is 4.74 Å². The zero-order valence-electron chi connectivity index (χ0n) is 18.8. The number of aromatic carboxylic acids is 1. The van der Waals surface area contributed by atoms with Crippen LogP contribution >= 0.6 is 22.5 Å². The molecule has 10 heteroatoms. The fraction of sp³-hybridized carbons (Fsp3) is 0.167. The molecule has 3 N–H and O–H groups in total. The van der Waals surface area contributed by atoms with Crippen LogP contribution in [0.5, 0.6) is 5.75 Å². The maximum atomic E-state index is 13.8. The van der Waals surface area contributed by atoms with E-state index < -0.39 is 22.8 Å². The number of carbonyl (C=O) groups excluding carboxylic acids is 1. The average molecular weight is 501 g/mol. The highest BCUT2D eigenvalue weighted by molar-refractivity contribution is 8.26. The predicted octanol–water partition coefficient (Wildman–Crippen LogP) is 6.10. The zero-order chi connectivity index (χ0) is 24.6. The van der Waals surface area contributed by atoms with Crippen LogP contribution in [0.15, 0.2) is 70.5 Å². The van der Waals surface area contributed by atoms with Crippen LogP contribution in [0.25, 0.3) is 0 Å². The summed E-state index contributed by atoms with van der Waals surface area (Å²) < 4.78 is 29.0. The second-order valence-corrected chi connectivity index (χ2v) is 10.3. The Bertz CT molecular complexity index is 1280. The molecule has 4 rings (SSSR count). The van der Waals surface area contributed by atoms with Crippen molar-refractivity contribution in [1.29, 1.82) is 0 Å². The number of hydrogen-bond donors (Lipinski definition) is 3. The van der Waals surface area contributed by atoms with E-state index in [1.165, 1.54) is 29.8 Å². The highest BCUT2D eigenvalue weighted by atomic mass is 32.3. The molecule has 0 bridgehead atoms. The summed E-state index contributed by atoms with van der Waals surface area (Å²) in [5, 5.41) is 9.58. The molecule has 178 valence electrons. The number of hydrogen-bond acceptors (Lipinski definition) is 6. The minimum Gasteiger partial charge on any atom is -0.496 e. The van der Waals surface area contributed by atoms with Crippen LogP contribution in [-0.2, 0) is 6.54 Å². The molecular weight excluding hydrogens is 476 g/mol. The number of para-hydroxylation sites is 1. The molecule has 1 aliphatic heterocycles. The largest absolute Gasteiger partial charge is 0.496 e. The fourth-order valence-corrected chi connectivity index (χ4v) is 6.08. The summed E-state index contributed by atoms with van der Waals surface area (Å²) >= 11 is 1.47. The van der Waals surface area contributed by atoms with E-state index in [0.717, 1.165) is 9.20 Å². The van der Waals surface area contributed by atoms with Gasteiger partial charge < -0.3 is 9.84 Å². The Morgan fingerprint density at radius 3 is 2.50 bits per heavy atom. The first kappa shape index (κ1) is 24.0. The summed E-state index contributed by atoms with van der Waals surface area (Å²) in [5.74, 6) is -0.655. The number of urea groups is 1. The van der Waals surface area contributed by atoms with Crippen molar-refractivity contribution in [2.24, 2.45) is 0 Å². The number of amides is 2. The first-order valence-corrected chi connectivity index (χ1v) is 13.0. The van der Waals surface area contributed by atoms with Crippen molar-refractivity contribution in [3.8, 4) is 5.75 Å². The van der Waals surface area contributed by atoms with Gasteiger partial charge in [-0.25, -0.2) is 9.59 Å². The molecule has 0 saturated heterocycles. The summed E-state index contributed by atoms with van der Waals surface area (Å²) in [5.41, 5.74) is 1.76. The van der Waals surface area contributed by atoms with E-state index in [0.29, 0.717) is 28.3 Å². The molecule has 0 aliphatic carbocycles. The molecule has 0 aromatic heterocycles. The molecule has 1 heterocycles. The van der Waals surface area contributed by atoms with Gasteiger partial charge in [0, 0.05) is 10.5 Å². The number of carboxylic acid groups (broad SMARTS) is 1. The highest BCUT2D eigenvalue weighted by Gasteiger charge is 2.43. The first-order valence-electron chi connectivity index (χ1n) is 10.2. The van der Waals surface area contributed by atoms with E-state index in [9.17, 15) is 23.8 Å². The lowest BCUT2D eigenvalue weighted by Crippen LogP contribution is -2.48.